The van der Waals surface area contributed by atoms with Crippen molar-refractivity contribution in [3.8, 4) is 11.5 Å². The van der Waals surface area contributed by atoms with Gasteiger partial charge in [-0.1, -0.05) is 24.3 Å². The summed E-state index contributed by atoms with van der Waals surface area (Å²) in [4.78, 5) is 0. The third-order valence-corrected chi connectivity index (χ3v) is 5.67. The summed E-state index contributed by atoms with van der Waals surface area (Å²) < 4.78 is 10.4. The van der Waals surface area contributed by atoms with Crippen molar-refractivity contribution in [3.63, 3.8) is 0 Å². The Morgan fingerprint density at radius 2 is 1.20 bits per heavy atom. The van der Waals surface area contributed by atoms with E-state index in [2.05, 4.69) is 24.3 Å². The molecule has 0 aromatic heterocycles. The molecular formula is C16H20NO2P. The normalized spacial score (nSPS) is 10.6. The number of benzene rings is 2. The zero-order valence-corrected chi connectivity index (χ0v) is 12.8. The molecule has 0 spiro atoms. The zero-order chi connectivity index (χ0) is 14.4. The molecule has 0 radical (unpaired) electrons. The van der Waals surface area contributed by atoms with Crippen LogP contribution in [0.25, 0.3) is 0 Å². The van der Waals surface area contributed by atoms with Gasteiger partial charge in [-0.3, -0.25) is 0 Å². The molecule has 0 aliphatic heterocycles. The Bertz CT molecular complexity index is 478. The molecule has 2 N–H and O–H groups in total. The van der Waals surface area contributed by atoms with E-state index in [0.29, 0.717) is 6.54 Å². The molecule has 2 aromatic carbocycles. The molecule has 0 aliphatic rings. The summed E-state index contributed by atoms with van der Waals surface area (Å²) in [6.45, 7) is 0.684. The van der Waals surface area contributed by atoms with Crippen molar-refractivity contribution in [2.75, 3.05) is 26.9 Å². The molecule has 2 rings (SSSR count). The second-order valence-electron chi connectivity index (χ2n) is 4.34. The first kappa shape index (κ1) is 14.8. The van der Waals surface area contributed by atoms with Gasteiger partial charge in [0.05, 0.1) is 14.2 Å². The van der Waals surface area contributed by atoms with Gasteiger partial charge in [0, 0.05) is 0 Å². The van der Waals surface area contributed by atoms with Gasteiger partial charge in [0.2, 0.25) is 0 Å². The van der Waals surface area contributed by atoms with Gasteiger partial charge < -0.3 is 15.2 Å². The predicted molar refractivity (Wildman–Crippen MR) is 86.1 cm³/mol. The summed E-state index contributed by atoms with van der Waals surface area (Å²) in [6, 6.07) is 16.5. The van der Waals surface area contributed by atoms with Gasteiger partial charge in [-0.2, -0.15) is 0 Å². The minimum absolute atomic E-state index is 0.422. The van der Waals surface area contributed by atoms with E-state index in [1.165, 1.54) is 10.6 Å². The van der Waals surface area contributed by atoms with Gasteiger partial charge in [-0.15, -0.1) is 0 Å². The van der Waals surface area contributed by atoms with Crippen LogP contribution >= 0.6 is 7.92 Å². The first-order valence-corrected chi connectivity index (χ1v) is 8.07. The Balaban J connectivity index is 2.28. The van der Waals surface area contributed by atoms with Gasteiger partial charge in [-0.05, 0) is 55.5 Å². The largest absolute Gasteiger partial charge is 0.497 e. The van der Waals surface area contributed by atoms with E-state index in [1.807, 2.05) is 24.3 Å². The van der Waals surface area contributed by atoms with Crippen LogP contribution in [0.2, 0.25) is 0 Å². The number of methoxy groups -OCH3 is 2. The fraction of sp³-hybridized carbons (Fsp3) is 0.250. The van der Waals surface area contributed by atoms with Gasteiger partial charge in [0.1, 0.15) is 11.5 Å². The van der Waals surface area contributed by atoms with Crippen molar-refractivity contribution in [3.05, 3.63) is 48.5 Å². The quantitative estimate of drug-likeness (QED) is 0.828. The maximum atomic E-state index is 5.78. The van der Waals surface area contributed by atoms with Gasteiger partial charge in [-0.25, -0.2) is 0 Å². The smallest absolute Gasteiger partial charge is 0.118 e. The first-order valence-electron chi connectivity index (χ1n) is 6.54. The van der Waals surface area contributed by atoms with E-state index >= 15 is 0 Å². The lowest BCUT2D eigenvalue weighted by Gasteiger charge is -2.18. The average Bonchev–Trinajstić information content (AvgIpc) is 2.53. The third kappa shape index (κ3) is 3.50. The number of nitrogens with two attached hydrogens (primary N) is 1. The lowest BCUT2D eigenvalue weighted by atomic mass is 10.3. The van der Waals surface area contributed by atoms with E-state index < -0.39 is 7.92 Å². The number of ether oxygens (including phenoxy) is 2. The van der Waals surface area contributed by atoms with Crippen LogP contribution in [-0.4, -0.2) is 26.9 Å². The van der Waals surface area contributed by atoms with Crippen LogP contribution in [0.1, 0.15) is 0 Å². The average molecular weight is 289 g/mol. The van der Waals surface area contributed by atoms with Gasteiger partial charge in [0.25, 0.3) is 0 Å². The van der Waals surface area contributed by atoms with Gasteiger partial charge >= 0.3 is 0 Å². The molecule has 0 saturated heterocycles. The monoisotopic (exact) mass is 289 g/mol. The highest BCUT2D eigenvalue weighted by Crippen LogP contribution is 2.33. The highest BCUT2D eigenvalue weighted by atomic mass is 31.1. The highest BCUT2D eigenvalue weighted by molar-refractivity contribution is 7.73. The predicted octanol–water partition coefficient (Wildman–Crippen LogP) is 2.10. The fourth-order valence-corrected chi connectivity index (χ4v) is 4.15. The van der Waals surface area contributed by atoms with Crippen molar-refractivity contribution >= 4 is 18.5 Å². The SMILES string of the molecule is COc1ccc(P(CCN)c2ccc(OC)cc2)cc1. The van der Waals surface area contributed by atoms with E-state index in [9.17, 15) is 0 Å². The Labute approximate surface area is 121 Å². The summed E-state index contributed by atoms with van der Waals surface area (Å²) in [6.07, 6.45) is 0.980. The van der Waals surface area contributed by atoms with E-state index in [4.69, 9.17) is 15.2 Å². The van der Waals surface area contributed by atoms with Crippen LogP contribution in [0.5, 0.6) is 11.5 Å². The van der Waals surface area contributed by atoms with Crippen LogP contribution in [0, 0.1) is 0 Å². The zero-order valence-electron chi connectivity index (χ0n) is 11.9. The minimum atomic E-state index is -0.422. The summed E-state index contributed by atoms with van der Waals surface area (Å²) in [5.41, 5.74) is 5.78. The molecule has 3 nitrogen and oxygen atoms in total. The van der Waals surface area contributed by atoms with Crippen LogP contribution in [0.4, 0.5) is 0 Å². The molecule has 2 aromatic rings. The molecular weight excluding hydrogens is 269 g/mol. The Hall–Kier alpha value is -1.57. The molecule has 0 unspecified atom stereocenters. The molecule has 0 heterocycles. The molecule has 0 bridgehead atoms. The van der Waals surface area contributed by atoms with Crippen LogP contribution in [0.3, 0.4) is 0 Å². The molecule has 0 fully saturated rings. The number of rotatable bonds is 6. The lowest BCUT2D eigenvalue weighted by Crippen LogP contribution is -2.18. The molecule has 4 heteroatoms. The molecule has 0 saturated carbocycles. The van der Waals surface area contributed by atoms with Crippen molar-refractivity contribution in [2.24, 2.45) is 5.73 Å². The maximum Gasteiger partial charge on any atom is 0.118 e. The second-order valence-corrected chi connectivity index (χ2v) is 6.67. The number of hydrogen-bond donors (Lipinski definition) is 1. The summed E-state index contributed by atoms with van der Waals surface area (Å²) in [7, 11) is 2.94. The lowest BCUT2D eigenvalue weighted by molar-refractivity contribution is 0.415. The first-order chi connectivity index (χ1) is 9.78. The molecule has 106 valence electrons. The third-order valence-electron chi connectivity index (χ3n) is 3.12. The fourth-order valence-electron chi connectivity index (χ4n) is 2.06. The van der Waals surface area contributed by atoms with Crippen LogP contribution in [-0.2, 0) is 0 Å². The van der Waals surface area contributed by atoms with Crippen LogP contribution < -0.4 is 25.8 Å². The summed E-state index contributed by atoms with van der Waals surface area (Å²) in [5, 5.41) is 2.63. The van der Waals surface area contributed by atoms with Crippen molar-refractivity contribution in [1.82, 2.24) is 0 Å². The minimum Gasteiger partial charge on any atom is -0.497 e. The Morgan fingerprint density at radius 3 is 1.50 bits per heavy atom. The second kappa shape index (κ2) is 7.28. The Morgan fingerprint density at radius 1 is 0.800 bits per heavy atom. The van der Waals surface area contributed by atoms with E-state index in [-0.39, 0.29) is 0 Å². The van der Waals surface area contributed by atoms with Crippen molar-refractivity contribution in [1.29, 1.82) is 0 Å². The molecule has 20 heavy (non-hydrogen) atoms. The van der Waals surface area contributed by atoms with Crippen molar-refractivity contribution < 1.29 is 9.47 Å². The standard InChI is InChI=1S/C16H20NO2P/c1-18-13-3-7-15(8-4-13)20(12-11-17)16-9-5-14(19-2)6-10-16/h3-10H,11-12,17H2,1-2H3. The maximum absolute atomic E-state index is 5.78. The van der Waals surface area contributed by atoms with E-state index in [0.717, 1.165) is 17.7 Å². The highest BCUT2D eigenvalue weighted by Gasteiger charge is 2.13. The summed E-state index contributed by atoms with van der Waals surface area (Å²) >= 11 is 0. The summed E-state index contributed by atoms with van der Waals surface area (Å²) in [5.74, 6) is 1.76. The van der Waals surface area contributed by atoms with Crippen LogP contribution in [0.15, 0.2) is 48.5 Å². The van der Waals surface area contributed by atoms with Crippen molar-refractivity contribution in [2.45, 2.75) is 0 Å². The number of hydrogen-bond acceptors (Lipinski definition) is 3. The molecule has 0 aliphatic carbocycles. The van der Waals surface area contributed by atoms with E-state index in [1.54, 1.807) is 14.2 Å². The Kier molecular flexibility index (Phi) is 5.40. The molecule has 0 amide bonds. The molecule has 0 atom stereocenters. The topological polar surface area (TPSA) is 44.5 Å². The van der Waals surface area contributed by atoms with Gasteiger partial charge in [0.15, 0.2) is 0 Å².